The second-order valence-electron chi connectivity index (χ2n) is 5.58. The molecule has 0 unspecified atom stereocenters. The zero-order valence-corrected chi connectivity index (χ0v) is 15.6. The van der Waals surface area contributed by atoms with Crippen LogP contribution in [0.15, 0.2) is 28.7 Å². The third-order valence-electron chi connectivity index (χ3n) is 3.81. The van der Waals surface area contributed by atoms with Gasteiger partial charge in [-0.05, 0) is 47.8 Å². The third kappa shape index (κ3) is 5.74. The summed E-state index contributed by atoms with van der Waals surface area (Å²) in [6.45, 7) is 2.83. The van der Waals surface area contributed by atoms with Crippen molar-refractivity contribution in [3.63, 3.8) is 0 Å². The average Bonchev–Trinajstić information content (AvgIpc) is 2.61. The molecule has 1 saturated heterocycles. The first-order valence-electron chi connectivity index (χ1n) is 8.14. The standard InChI is InChI=1S/C17H21BrN2O5/c1-2-24-17(23)20-9-7-12(8-10-20)19-15(21)11-25-16(22)13-5-3-4-6-14(13)18/h3-6,12H,2,7-11H2,1H3,(H,19,21). The molecule has 1 aliphatic heterocycles. The lowest BCUT2D eigenvalue weighted by molar-refractivity contribution is -0.125. The van der Waals surface area contributed by atoms with Gasteiger partial charge < -0.3 is 19.7 Å². The molecule has 1 aliphatic rings. The number of piperidine rings is 1. The molecule has 8 heteroatoms. The van der Waals surface area contributed by atoms with E-state index in [9.17, 15) is 14.4 Å². The van der Waals surface area contributed by atoms with Gasteiger partial charge in [-0.3, -0.25) is 4.79 Å². The summed E-state index contributed by atoms with van der Waals surface area (Å²) in [4.78, 5) is 37.1. The van der Waals surface area contributed by atoms with Crippen LogP contribution in [0.2, 0.25) is 0 Å². The summed E-state index contributed by atoms with van der Waals surface area (Å²) < 4.78 is 10.6. The van der Waals surface area contributed by atoms with Gasteiger partial charge >= 0.3 is 12.1 Å². The first kappa shape index (κ1) is 19.2. The fourth-order valence-corrected chi connectivity index (χ4v) is 2.97. The molecule has 1 aromatic rings. The SMILES string of the molecule is CCOC(=O)N1CCC(NC(=O)COC(=O)c2ccccc2Br)CC1. The highest BCUT2D eigenvalue weighted by atomic mass is 79.9. The fourth-order valence-electron chi connectivity index (χ4n) is 2.53. The number of rotatable bonds is 5. The minimum atomic E-state index is -0.556. The number of hydrogen-bond acceptors (Lipinski definition) is 5. The number of esters is 1. The van der Waals surface area contributed by atoms with Crippen LogP contribution in [0.3, 0.4) is 0 Å². The Morgan fingerprint density at radius 3 is 2.52 bits per heavy atom. The number of nitrogens with zero attached hydrogens (tertiary/aromatic N) is 1. The Labute approximate surface area is 154 Å². The molecular formula is C17H21BrN2O5. The van der Waals surface area contributed by atoms with E-state index in [0.717, 1.165) is 0 Å². The Hall–Kier alpha value is -2.09. The molecule has 0 spiro atoms. The van der Waals surface area contributed by atoms with Gasteiger partial charge in [0, 0.05) is 23.6 Å². The fraction of sp³-hybridized carbons (Fsp3) is 0.471. The summed E-state index contributed by atoms with van der Waals surface area (Å²) in [6, 6.07) is 6.82. The zero-order chi connectivity index (χ0) is 18.2. The summed E-state index contributed by atoms with van der Waals surface area (Å²) in [5.41, 5.74) is 0.373. The van der Waals surface area contributed by atoms with Crippen molar-refractivity contribution in [2.75, 3.05) is 26.3 Å². The highest BCUT2D eigenvalue weighted by Gasteiger charge is 2.24. The molecule has 2 rings (SSSR count). The van der Waals surface area contributed by atoms with Crippen LogP contribution in [0.5, 0.6) is 0 Å². The number of carbonyl (C=O) groups excluding carboxylic acids is 3. The number of hydrogen-bond donors (Lipinski definition) is 1. The number of amides is 2. The molecule has 2 amide bonds. The molecule has 0 bridgehead atoms. The maximum absolute atomic E-state index is 12.0. The van der Waals surface area contributed by atoms with Gasteiger partial charge in [0.1, 0.15) is 0 Å². The van der Waals surface area contributed by atoms with Gasteiger partial charge in [-0.1, -0.05) is 12.1 Å². The minimum Gasteiger partial charge on any atom is -0.452 e. The number of nitrogens with one attached hydrogen (secondary N) is 1. The third-order valence-corrected chi connectivity index (χ3v) is 4.51. The lowest BCUT2D eigenvalue weighted by atomic mass is 10.1. The topological polar surface area (TPSA) is 84.9 Å². The molecule has 25 heavy (non-hydrogen) atoms. The average molecular weight is 413 g/mol. The summed E-state index contributed by atoms with van der Waals surface area (Å²) >= 11 is 3.27. The lowest BCUT2D eigenvalue weighted by Gasteiger charge is -2.31. The van der Waals surface area contributed by atoms with E-state index in [0.29, 0.717) is 42.6 Å². The highest BCUT2D eigenvalue weighted by Crippen LogP contribution is 2.16. The van der Waals surface area contributed by atoms with Gasteiger partial charge in [0.15, 0.2) is 6.61 Å². The van der Waals surface area contributed by atoms with Gasteiger partial charge in [0.05, 0.1) is 12.2 Å². The van der Waals surface area contributed by atoms with Crippen LogP contribution in [0.1, 0.15) is 30.1 Å². The van der Waals surface area contributed by atoms with E-state index in [2.05, 4.69) is 21.2 Å². The Bertz CT molecular complexity index is 629. The molecule has 0 aromatic heterocycles. The molecule has 1 heterocycles. The molecule has 0 aliphatic carbocycles. The van der Waals surface area contributed by atoms with Crippen LogP contribution in [0.4, 0.5) is 4.79 Å². The van der Waals surface area contributed by atoms with E-state index in [4.69, 9.17) is 9.47 Å². The van der Waals surface area contributed by atoms with E-state index in [-0.39, 0.29) is 24.6 Å². The molecule has 1 N–H and O–H groups in total. The number of halogens is 1. The van der Waals surface area contributed by atoms with Crippen LogP contribution in [-0.4, -0.2) is 55.2 Å². The summed E-state index contributed by atoms with van der Waals surface area (Å²) in [6.07, 6.45) is 0.959. The van der Waals surface area contributed by atoms with Crippen molar-refractivity contribution in [2.24, 2.45) is 0 Å². The van der Waals surface area contributed by atoms with Crippen molar-refractivity contribution in [3.8, 4) is 0 Å². The molecular weight excluding hydrogens is 392 g/mol. The predicted molar refractivity (Wildman–Crippen MR) is 94.2 cm³/mol. The molecule has 1 fully saturated rings. The van der Waals surface area contributed by atoms with Crippen molar-refractivity contribution >= 4 is 33.9 Å². The van der Waals surface area contributed by atoms with Crippen molar-refractivity contribution in [1.29, 1.82) is 0 Å². The second-order valence-corrected chi connectivity index (χ2v) is 6.44. The predicted octanol–water partition coefficient (Wildman–Crippen LogP) is 2.34. The first-order valence-corrected chi connectivity index (χ1v) is 8.93. The Morgan fingerprint density at radius 2 is 1.88 bits per heavy atom. The van der Waals surface area contributed by atoms with Crippen molar-refractivity contribution < 1.29 is 23.9 Å². The number of carbonyl (C=O) groups is 3. The van der Waals surface area contributed by atoms with Gasteiger partial charge in [0.25, 0.3) is 5.91 Å². The molecule has 136 valence electrons. The largest absolute Gasteiger partial charge is 0.452 e. The van der Waals surface area contributed by atoms with Crippen LogP contribution in [0.25, 0.3) is 0 Å². The molecule has 1 aromatic carbocycles. The summed E-state index contributed by atoms with van der Waals surface area (Å²) in [7, 11) is 0. The quantitative estimate of drug-likeness (QED) is 0.750. The smallest absolute Gasteiger partial charge is 0.409 e. The molecule has 0 atom stereocenters. The number of ether oxygens (including phenoxy) is 2. The van der Waals surface area contributed by atoms with E-state index >= 15 is 0 Å². The van der Waals surface area contributed by atoms with Gasteiger partial charge in [0.2, 0.25) is 0 Å². The molecule has 0 radical (unpaired) electrons. The summed E-state index contributed by atoms with van der Waals surface area (Å²) in [5.74, 6) is -0.908. The minimum absolute atomic E-state index is 0.0414. The van der Waals surface area contributed by atoms with E-state index in [1.807, 2.05) is 0 Å². The zero-order valence-electron chi connectivity index (χ0n) is 14.0. The van der Waals surface area contributed by atoms with E-state index in [1.54, 1.807) is 36.1 Å². The Morgan fingerprint density at radius 1 is 1.20 bits per heavy atom. The van der Waals surface area contributed by atoms with Crippen molar-refractivity contribution in [3.05, 3.63) is 34.3 Å². The monoisotopic (exact) mass is 412 g/mol. The first-order chi connectivity index (χ1) is 12.0. The van der Waals surface area contributed by atoms with Crippen molar-refractivity contribution in [1.82, 2.24) is 10.2 Å². The second kappa shape index (κ2) is 9.41. The molecule has 7 nitrogen and oxygen atoms in total. The maximum Gasteiger partial charge on any atom is 0.409 e. The van der Waals surface area contributed by atoms with E-state index in [1.165, 1.54) is 0 Å². The highest BCUT2D eigenvalue weighted by molar-refractivity contribution is 9.10. The van der Waals surface area contributed by atoms with E-state index < -0.39 is 5.97 Å². The van der Waals surface area contributed by atoms with Gasteiger partial charge in [-0.2, -0.15) is 0 Å². The normalized spacial score (nSPS) is 14.7. The number of likely N-dealkylation sites (tertiary alicyclic amines) is 1. The van der Waals surface area contributed by atoms with Gasteiger partial charge in [-0.25, -0.2) is 9.59 Å². The Kier molecular flexibility index (Phi) is 7.24. The van der Waals surface area contributed by atoms with Crippen LogP contribution in [-0.2, 0) is 14.3 Å². The van der Waals surface area contributed by atoms with Gasteiger partial charge in [-0.15, -0.1) is 0 Å². The maximum atomic E-state index is 12.0. The van der Waals surface area contributed by atoms with Crippen molar-refractivity contribution in [2.45, 2.75) is 25.8 Å². The van der Waals surface area contributed by atoms with Crippen LogP contribution >= 0.6 is 15.9 Å². The van der Waals surface area contributed by atoms with Crippen LogP contribution < -0.4 is 5.32 Å². The Balaban J connectivity index is 1.72. The van der Waals surface area contributed by atoms with Crippen LogP contribution in [0, 0.1) is 0 Å². The summed E-state index contributed by atoms with van der Waals surface area (Å²) in [5, 5.41) is 2.83. The molecule has 0 saturated carbocycles. The number of benzene rings is 1. The lowest BCUT2D eigenvalue weighted by Crippen LogP contribution is -2.47.